The molecular formula is C13H20BrN3. The Balaban J connectivity index is 2.12. The van der Waals surface area contributed by atoms with Gasteiger partial charge in [0.05, 0.1) is 0 Å². The first-order valence-electron chi connectivity index (χ1n) is 6.40. The van der Waals surface area contributed by atoms with Crippen molar-refractivity contribution in [3.63, 3.8) is 0 Å². The average Bonchev–Trinajstić information content (AvgIpc) is 2.38. The third-order valence-corrected chi connectivity index (χ3v) is 3.65. The summed E-state index contributed by atoms with van der Waals surface area (Å²) in [6.45, 7) is 5.55. The lowest BCUT2D eigenvalue weighted by atomic mass is 10.1. The lowest BCUT2D eigenvalue weighted by Gasteiger charge is -2.35. The molecule has 1 aromatic rings. The van der Waals surface area contributed by atoms with Crippen LogP contribution >= 0.6 is 15.9 Å². The SMILES string of the molecule is CCCN(c1ccc(Br)cn1)C1CCCNC1. The van der Waals surface area contributed by atoms with Gasteiger partial charge in [-0.15, -0.1) is 0 Å². The van der Waals surface area contributed by atoms with Gasteiger partial charge in [0.1, 0.15) is 5.82 Å². The molecule has 0 saturated carbocycles. The molecular weight excluding hydrogens is 278 g/mol. The first-order chi connectivity index (χ1) is 8.31. The Kier molecular flexibility index (Phi) is 4.80. The lowest BCUT2D eigenvalue weighted by Crippen LogP contribution is -2.46. The second-order valence-electron chi connectivity index (χ2n) is 4.53. The highest BCUT2D eigenvalue weighted by Gasteiger charge is 2.21. The van der Waals surface area contributed by atoms with Crippen LogP contribution in [0.2, 0.25) is 0 Å². The van der Waals surface area contributed by atoms with Gasteiger partial charge in [0.15, 0.2) is 0 Å². The van der Waals surface area contributed by atoms with Gasteiger partial charge in [-0.3, -0.25) is 0 Å². The molecule has 1 N–H and O–H groups in total. The summed E-state index contributed by atoms with van der Waals surface area (Å²) in [7, 11) is 0. The minimum absolute atomic E-state index is 0.595. The van der Waals surface area contributed by atoms with Gasteiger partial charge in [0.25, 0.3) is 0 Å². The van der Waals surface area contributed by atoms with Crippen LogP contribution in [0.5, 0.6) is 0 Å². The molecule has 0 amide bonds. The normalized spacial score (nSPS) is 20.2. The van der Waals surface area contributed by atoms with Crippen LogP contribution in [0.1, 0.15) is 26.2 Å². The van der Waals surface area contributed by atoms with Crippen LogP contribution in [0.25, 0.3) is 0 Å². The smallest absolute Gasteiger partial charge is 0.128 e. The van der Waals surface area contributed by atoms with Crippen molar-refractivity contribution in [2.75, 3.05) is 24.5 Å². The maximum Gasteiger partial charge on any atom is 0.128 e. The van der Waals surface area contributed by atoms with Crippen molar-refractivity contribution >= 4 is 21.7 Å². The molecule has 1 fully saturated rings. The standard InChI is InChI=1S/C13H20BrN3/c1-2-8-17(12-4-3-7-15-10-12)13-6-5-11(14)9-16-13/h5-6,9,12,15H,2-4,7-8,10H2,1H3. The van der Waals surface area contributed by atoms with Gasteiger partial charge in [-0.1, -0.05) is 6.92 Å². The van der Waals surface area contributed by atoms with Gasteiger partial charge in [0, 0.05) is 29.8 Å². The van der Waals surface area contributed by atoms with Crippen LogP contribution in [-0.2, 0) is 0 Å². The molecule has 17 heavy (non-hydrogen) atoms. The van der Waals surface area contributed by atoms with E-state index in [0.29, 0.717) is 6.04 Å². The summed E-state index contributed by atoms with van der Waals surface area (Å²) in [6.07, 6.45) is 5.58. The number of anilines is 1. The molecule has 0 aliphatic carbocycles. The van der Waals surface area contributed by atoms with E-state index in [4.69, 9.17) is 0 Å². The van der Waals surface area contributed by atoms with Crippen LogP contribution in [0.15, 0.2) is 22.8 Å². The maximum atomic E-state index is 4.52. The fourth-order valence-electron chi connectivity index (χ4n) is 2.36. The van der Waals surface area contributed by atoms with Crippen molar-refractivity contribution in [1.29, 1.82) is 0 Å². The summed E-state index contributed by atoms with van der Waals surface area (Å²) in [4.78, 5) is 6.97. The first kappa shape index (κ1) is 12.8. The predicted molar refractivity (Wildman–Crippen MR) is 75.5 cm³/mol. The summed E-state index contributed by atoms with van der Waals surface area (Å²) < 4.78 is 1.04. The summed E-state index contributed by atoms with van der Waals surface area (Å²) in [5, 5.41) is 3.48. The molecule has 1 aliphatic rings. The Morgan fingerprint density at radius 3 is 3.00 bits per heavy atom. The Labute approximate surface area is 112 Å². The Morgan fingerprint density at radius 2 is 2.41 bits per heavy atom. The van der Waals surface area contributed by atoms with E-state index in [-0.39, 0.29) is 0 Å². The highest BCUT2D eigenvalue weighted by Crippen LogP contribution is 2.20. The summed E-state index contributed by atoms with van der Waals surface area (Å²) >= 11 is 3.44. The van der Waals surface area contributed by atoms with Crippen molar-refractivity contribution in [3.8, 4) is 0 Å². The molecule has 2 rings (SSSR count). The quantitative estimate of drug-likeness (QED) is 0.926. The second-order valence-corrected chi connectivity index (χ2v) is 5.44. The zero-order valence-electron chi connectivity index (χ0n) is 10.3. The third-order valence-electron chi connectivity index (χ3n) is 3.18. The molecule has 1 aliphatic heterocycles. The highest BCUT2D eigenvalue weighted by molar-refractivity contribution is 9.10. The Bertz CT molecular complexity index is 333. The number of halogens is 1. The van der Waals surface area contributed by atoms with Crippen LogP contribution in [0.3, 0.4) is 0 Å². The van der Waals surface area contributed by atoms with E-state index in [0.717, 1.165) is 36.3 Å². The number of nitrogens with one attached hydrogen (secondary N) is 1. The van der Waals surface area contributed by atoms with Crippen LogP contribution < -0.4 is 10.2 Å². The Hall–Kier alpha value is -0.610. The lowest BCUT2D eigenvalue weighted by molar-refractivity contribution is 0.429. The van der Waals surface area contributed by atoms with Gasteiger partial charge in [-0.25, -0.2) is 4.98 Å². The van der Waals surface area contributed by atoms with Gasteiger partial charge in [-0.05, 0) is 53.9 Å². The Morgan fingerprint density at radius 1 is 1.53 bits per heavy atom. The fraction of sp³-hybridized carbons (Fsp3) is 0.615. The summed E-state index contributed by atoms with van der Waals surface area (Å²) in [5.74, 6) is 1.10. The molecule has 0 aromatic carbocycles. The fourth-order valence-corrected chi connectivity index (χ4v) is 2.60. The van der Waals surface area contributed by atoms with E-state index in [1.807, 2.05) is 6.20 Å². The maximum absolute atomic E-state index is 4.52. The van der Waals surface area contributed by atoms with E-state index in [9.17, 15) is 0 Å². The van der Waals surface area contributed by atoms with Gasteiger partial charge in [-0.2, -0.15) is 0 Å². The second kappa shape index (κ2) is 6.36. The van der Waals surface area contributed by atoms with Crippen LogP contribution in [-0.4, -0.2) is 30.7 Å². The van der Waals surface area contributed by atoms with E-state index >= 15 is 0 Å². The molecule has 2 heterocycles. The number of hydrogen-bond acceptors (Lipinski definition) is 3. The largest absolute Gasteiger partial charge is 0.352 e. The molecule has 1 aromatic heterocycles. The van der Waals surface area contributed by atoms with Crippen molar-refractivity contribution in [3.05, 3.63) is 22.8 Å². The number of rotatable bonds is 4. The number of piperidine rings is 1. The molecule has 0 bridgehead atoms. The van der Waals surface area contributed by atoms with Crippen LogP contribution in [0, 0.1) is 0 Å². The number of hydrogen-bond donors (Lipinski definition) is 1. The molecule has 0 spiro atoms. The summed E-state index contributed by atoms with van der Waals surface area (Å²) in [5.41, 5.74) is 0. The molecule has 3 nitrogen and oxygen atoms in total. The minimum atomic E-state index is 0.595. The number of pyridine rings is 1. The third kappa shape index (κ3) is 3.42. The molecule has 4 heteroatoms. The van der Waals surface area contributed by atoms with Crippen molar-refractivity contribution in [2.45, 2.75) is 32.2 Å². The molecule has 0 radical (unpaired) electrons. The summed E-state index contributed by atoms with van der Waals surface area (Å²) in [6, 6.07) is 4.77. The van der Waals surface area contributed by atoms with Gasteiger partial charge >= 0.3 is 0 Å². The highest BCUT2D eigenvalue weighted by atomic mass is 79.9. The van der Waals surface area contributed by atoms with E-state index < -0.39 is 0 Å². The monoisotopic (exact) mass is 297 g/mol. The van der Waals surface area contributed by atoms with E-state index in [1.165, 1.54) is 12.8 Å². The van der Waals surface area contributed by atoms with E-state index in [2.05, 4.69) is 50.2 Å². The molecule has 1 atom stereocenters. The molecule has 1 unspecified atom stereocenters. The zero-order valence-corrected chi connectivity index (χ0v) is 11.9. The number of nitrogens with zero attached hydrogens (tertiary/aromatic N) is 2. The average molecular weight is 298 g/mol. The van der Waals surface area contributed by atoms with Crippen molar-refractivity contribution in [1.82, 2.24) is 10.3 Å². The molecule has 94 valence electrons. The van der Waals surface area contributed by atoms with Gasteiger partial charge in [0.2, 0.25) is 0 Å². The minimum Gasteiger partial charge on any atom is -0.352 e. The van der Waals surface area contributed by atoms with Crippen molar-refractivity contribution < 1.29 is 0 Å². The topological polar surface area (TPSA) is 28.2 Å². The molecule has 1 saturated heterocycles. The predicted octanol–water partition coefficient (Wildman–Crippen LogP) is 2.81. The zero-order chi connectivity index (χ0) is 12.1. The first-order valence-corrected chi connectivity index (χ1v) is 7.19. The number of aromatic nitrogens is 1. The van der Waals surface area contributed by atoms with Crippen molar-refractivity contribution in [2.24, 2.45) is 0 Å². The van der Waals surface area contributed by atoms with Crippen LogP contribution in [0.4, 0.5) is 5.82 Å². The van der Waals surface area contributed by atoms with E-state index in [1.54, 1.807) is 0 Å². The van der Waals surface area contributed by atoms with Gasteiger partial charge < -0.3 is 10.2 Å².